The molecule has 59 valence electrons. The first-order chi connectivity index (χ1) is 5.33. The highest BCUT2D eigenvalue weighted by atomic mass is 79.9. The van der Waals surface area contributed by atoms with Gasteiger partial charge in [0.25, 0.3) is 0 Å². The van der Waals surface area contributed by atoms with Crippen LogP contribution in [0.25, 0.3) is 0 Å². The van der Waals surface area contributed by atoms with Crippen molar-refractivity contribution in [3.8, 4) is 5.75 Å². The average molecular weight is 234 g/mol. The van der Waals surface area contributed by atoms with Gasteiger partial charge in [-0.25, -0.2) is 0 Å². The summed E-state index contributed by atoms with van der Waals surface area (Å²) in [6, 6.07) is 8.40. The van der Waals surface area contributed by atoms with Gasteiger partial charge in [0.2, 0.25) is 0 Å². The fourth-order valence-corrected chi connectivity index (χ4v) is 1.10. The van der Waals surface area contributed by atoms with Gasteiger partial charge in [-0.3, -0.25) is 0 Å². The minimum atomic E-state index is 0.506. The normalized spacial score (nSPS) is 9.64. The van der Waals surface area contributed by atoms with Gasteiger partial charge in [-0.15, -0.1) is 11.6 Å². The molecule has 0 unspecified atom stereocenters. The summed E-state index contributed by atoms with van der Waals surface area (Å²) in [5.74, 6) is 1.30. The molecule has 0 heterocycles. The van der Waals surface area contributed by atoms with Crippen LogP contribution in [-0.2, 0) is 0 Å². The zero-order chi connectivity index (χ0) is 8.10. The van der Waals surface area contributed by atoms with Crippen molar-refractivity contribution in [2.24, 2.45) is 0 Å². The molecule has 0 N–H and O–H groups in total. The molecule has 1 aromatic carbocycles. The molecule has 0 aliphatic rings. The minimum Gasteiger partial charge on any atom is -0.492 e. The van der Waals surface area contributed by atoms with Gasteiger partial charge in [0, 0.05) is 4.47 Å². The Morgan fingerprint density at radius 3 is 3.00 bits per heavy atom. The predicted octanol–water partition coefficient (Wildman–Crippen LogP) is 2.87. The molecule has 1 nitrogen and oxygen atoms in total. The van der Waals surface area contributed by atoms with Gasteiger partial charge in [0.05, 0.1) is 5.88 Å². The summed E-state index contributed by atoms with van der Waals surface area (Å²) in [6.45, 7) is 0.534. The van der Waals surface area contributed by atoms with E-state index in [1.807, 2.05) is 12.1 Å². The van der Waals surface area contributed by atoms with Crippen LogP contribution in [0.5, 0.6) is 5.75 Å². The SMILES string of the molecule is ClCCOc1c[c]cc(Br)c1. The molecule has 3 heteroatoms. The van der Waals surface area contributed by atoms with Crippen LogP contribution in [0.15, 0.2) is 22.7 Å². The van der Waals surface area contributed by atoms with Gasteiger partial charge < -0.3 is 4.74 Å². The maximum Gasteiger partial charge on any atom is 0.121 e. The lowest BCUT2D eigenvalue weighted by Gasteiger charge is -2.02. The van der Waals surface area contributed by atoms with E-state index in [-0.39, 0.29) is 0 Å². The van der Waals surface area contributed by atoms with E-state index in [1.165, 1.54) is 0 Å². The molecular formula is C8H7BrClO. The molecule has 1 aromatic rings. The number of hydrogen-bond acceptors (Lipinski definition) is 1. The van der Waals surface area contributed by atoms with E-state index in [1.54, 1.807) is 6.07 Å². The molecular weight excluding hydrogens is 227 g/mol. The van der Waals surface area contributed by atoms with Crippen molar-refractivity contribution in [3.63, 3.8) is 0 Å². The second kappa shape index (κ2) is 4.62. The lowest BCUT2D eigenvalue weighted by molar-refractivity contribution is 0.342. The summed E-state index contributed by atoms with van der Waals surface area (Å²) >= 11 is 8.75. The van der Waals surface area contributed by atoms with Crippen LogP contribution in [0.1, 0.15) is 0 Å². The van der Waals surface area contributed by atoms with E-state index in [4.69, 9.17) is 16.3 Å². The maximum absolute atomic E-state index is 5.44. The van der Waals surface area contributed by atoms with Crippen LogP contribution in [-0.4, -0.2) is 12.5 Å². The number of rotatable bonds is 3. The third-order valence-corrected chi connectivity index (χ3v) is 1.68. The lowest BCUT2D eigenvalue weighted by atomic mass is 10.3. The molecule has 0 amide bonds. The highest BCUT2D eigenvalue weighted by Crippen LogP contribution is 2.16. The lowest BCUT2D eigenvalue weighted by Crippen LogP contribution is -1.97. The molecule has 0 aliphatic carbocycles. The number of halogens is 2. The van der Waals surface area contributed by atoms with Crippen LogP contribution in [0.4, 0.5) is 0 Å². The Morgan fingerprint density at radius 2 is 2.36 bits per heavy atom. The standard InChI is InChI=1S/C8H7BrClO/c9-7-2-1-3-8(6-7)11-5-4-10/h2-3,6H,4-5H2. The Balaban J connectivity index is 2.56. The molecule has 0 saturated heterocycles. The van der Waals surface area contributed by atoms with Crippen molar-refractivity contribution in [2.45, 2.75) is 0 Å². The van der Waals surface area contributed by atoms with Crippen molar-refractivity contribution >= 4 is 27.5 Å². The molecule has 11 heavy (non-hydrogen) atoms. The van der Waals surface area contributed by atoms with Gasteiger partial charge >= 0.3 is 0 Å². The van der Waals surface area contributed by atoms with Crippen LogP contribution >= 0.6 is 27.5 Å². The quantitative estimate of drug-likeness (QED) is 0.731. The molecule has 1 rings (SSSR count). The van der Waals surface area contributed by atoms with Crippen molar-refractivity contribution in [1.82, 2.24) is 0 Å². The summed E-state index contributed by atoms with van der Waals surface area (Å²) in [7, 11) is 0. The molecule has 0 saturated carbocycles. The molecule has 0 bridgehead atoms. The monoisotopic (exact) mass is 233 g/mol. The van der Waals surface area contributed by atoms with Crippen molar-refractivity contribution in [2.75, 3.05) is 12.5 Å². The zero-order valence-electron chi connectivity index (χ0n) is 5.81. The Labute approximate surface area is 79.4 Å². The Hall–Kier alpha value is -0.210. The molecule has 0 fully saturated rings. The molecule has 1 radical (unpaired) electrons. The summed E-state index contributed by atoms with van der Waals surface area (Å²) in [5.41, 5.74) is 0. The van der Waals surface area contributed by atoms with E-state index in [0.717, 1.165) is 10.2 Å². The minimum absolute atomic E-state index is 0.506. The van der Waals surface area contributed by atoms with Gasteiger partial charge in [0.1, 0.15) is 12.4 Å². The number of alkyl halides is 1. The smallest absolute Gasteiger partial charge is 0.121 e. The van der Waals surface area contributed by atoms with Crippen LogP contribution < -0.4 is 4.74 Å². The van der Waals surface area contributed by atoms with Crippen LogP contribution in [0, 0.1) is 6.07 Å². The molecule has 0 aromatic heterocycles. The zero-order valence-corrected chi connectivity index (χ0v) is 8.15. The van der Waals surface area contributed by atoms with Crippen molar-refractivity contribution in [1.29, 1.82) is 0 Å². The number of hydrogen-bond donors (Lipinski definition) is 0. The fourth-order valence-electron chi connectivity index (χ4n) is 0.662. The Bertz CT molecular complexity index is 227. The van der Waals surface area contributed by atoms with Gasteiger partial charge in [-0.1, -0.05) is 15.9 Å². The van der Waals surface area contributed by atoms with Crippen LogP contribution in [0.2, 0.25) is 0 Å². The molecule has 0 aliphatic heterocycles. The average Bonchev–Trinajstić information content (AvgIpc) is 2.01. The summed E-state index contributed by atoms with van der Waals surface area (Å²) < 4.78 is 6.21. The van der Waals surface area contributed by atoms with E-state index >= 15 is 0 Å². The molecule has 0 atom stereocenters. The highest BCUT2D eigenvalue weighted by Gasteiger charge is 1.92. The first-order valence-corrected chi connectivity index (χ1v) is 4.51. The van der Waals surface area contributed by atoms with E-state index in [0.29, 0.717) is 12.5 Å². The van der Waals surface area contributed by atoms with Gasteiger partial charge in [-0.2, -0.15) is 0 Å². The van der Waals surface area contributed by atoms with E-state index in [9.17, 15) is 0 Å². The molecule has 0 spiro atoms. The Morgan fingerprint density at radius 1 is 1.55 bits per heavy atom. The second-order valence-corrected chi connectivity index (χ2v) is 3.22. The summed E-state index contributed by atoms with van der Waals surface area (Å²) in [6.07, 6.45) is 0. The summed E-state index contributed by atoms with van der Waals surface area (Å²) in [5, 5.41) is 0. The predicted molar refractivity (Wildman–Crippen MR) is 49.2 cm³/mol. The topological polar surface area (TPSA) is 9.23 Å². The van der Waals surface area contributed by atoms with Crippen molar-refractivity contribution in [3.05, 3.63) is 28.7 Å². The van der Waals surface area contributed by atoms with E-state index in [2.05, 4.69) is 22.0 Å². The Kier molecular flexibility index (Phi) is 3.73. The second-order valence-electron chi connectivity index (χ2n) is 1.92. The number of benzene rings is 1. The number of ether oxygens (including phenoxy) is 1. The van der Waals surface area contributed by atoms with Gasteiger partial charge in [-0.05, 0) is 24.3 Å². The van der Waals surface area contributed by atoms with Gasteiger partial charge in [0.15, 0.2) is 0 Å². The first-order valence-electron chi connectivity index (χ1n) is 3.18. The van der Waals surface area contributed by atoms with Crippen molar-refractivity contribution < 1.29 is 4.74 Å². The summed E-state index contributed by atoms with van der Waals surface area (Å²) in [4.78, 5) is 0. The fraction of sp³-hybridized carbons (Fsp3) is 0.250. The third-order valence-electron chi connectivity index (χ3n) is 1.07. The van der Waals surface area contributed by atoms with E-state index < -0.39 is 0 Å². The third kappa shape index (κ3) is 3.12. The largest absolute Gasteiger partial charge is 0.492 e. The van der Waals surface area contributed by atoms with Crippen LogP contribution in [0.3, 0.4) is 0 Å². The highest BCUT2D eigenvalue weighted by molar-refractivity contribution is 9.10. The maximum atomic E-state index is 5.44. The first kappa shape index (κ1) is 8.88.